The Morgan fingerprint density at radius 3 is 2.67 bits per heavy atom. The Kier molecular flexibility index (Phi) is 2.89. The highest BCUT2D eigenvalue weighted by Crippen LogP contribution is 2.41. The van der Waals surface area contributed by atoms with Crippen LogP contribution in [-0.2, 0) is 6.42 Å². The SMILES string of the molecule is O=C1CC(c2ccccc2)Cc2c1sc1cc(F)ccc21. The van der Waals surface area contributed by atoms with Gasteiger partial charge in [0, 0.05) is 11.1 Å². The van der Waals surface area contributed by atoms with Gasteiger partial charge in [0.15, 0.2) is 5.78 Å². The van der Waals surface area contributed by atoms with Gasteiger partial charge in [0.25, 0.3) is 0 Å². The van der Waals surface area contributed by atoms with Crippen molar-refractivity contribution in [2.24, 2.45) is 0 Å². The number of hydrogen-bond donors (Lipinski definition) is 0. The fraction of sp³-hybridized carbons (Fsp3) is 0.167. The largest absolute Gasteiger partial charge is 0.293 e. The maximum absolute atomic E-state index is 13.4. The molecule has 3 aromatic rings. The van der Waals surface area contributed by atoms with Gasteiger partial charge in [0.05, 0.1) is 4.88 Å². The van der Waals surface area contributed by atoms with E-state index in [0.29, 0.717) is 6.42 Å². The van der Waals surface area contributed by atoms with Gasteiger partial charge >= 0.3 is 0 Å². The summed E-state index contributed by atoms with van der Waals surface area (Å²) in [6.07, 6.45) is 1.41. The molecule has 1 nitrogen and oxygen atoms in total. The highest BCUT2D eigenvalue weighted by molar-refractivity contribution is 7.21. The molecule has 104 valence electrons. The normalized spacial score (nSPS) is 18.0. The number of thiophene rings is 1. The van der Waals surface area contributed by atoms with Crippen LogP contribution < -0.4 is 0 Å². The van der Waals surface area contributed by atoms with Gasteiger partial charge in [-0.15, -0.1) is 11.3 Å². The molecule has 0 N–H and O–H groups in total. The average molecular weight is 296 g/mol. The van der Waals surface area contributed by atoms with Gasteiger partial charge in [0.2, 0.25) is 0 Å². The minimum atomic E-state index is -0.242. The first kappa shape index (κ1) is 12.7. The van der Waals surface area contributed by atoms with E-state index in [1.807, 2.05) is 18.2 Å². The Labute approximate surface area is 126 Å². The van der Waals surface area contributed by atoms with Crippen LogP contribution in [0.3, 0.4) is 0 Å². The van der Waals surface area contributed by atoms with Crippen molar-refractivity contribution in [2.75, 3.05) is 0 Å². The Balaban J connectivity index is 1.84. The molecular formula is C18H13FOS. The molecule has 1 unspecified atom stereocenters. The fourth-order valence-electron chi connectivity index (χ4n) is 3.15. The van der Waals surface area contributed by atoms with E-state index < -0.39 is 0 Å². The van der Waals surface area contributed by atoms with Gasteiger partial charge in [-0.2, -0.15) is 0 Å². The summed E-state index contributed by atoms with van der Waals surface area (Å²) < 4.78 is 14.2. The number of fused-ring (bicyclic) bond motifs is 3. The smallest absolute Gasteiger partial charge is 0.173 e. The summed E-state index contributed by atoms with van der Waals surface area (Å²) in [6.45, 7) is 0. The zero-order chi connectivity index (χ0) is 14.4. The quantitative estimate of drug-likeness (QED) is 0.620. The van der Waals surface area contributed by atoms with Gasteiger partial charge in [-0.05, 0) is 41.0 Å². The number of hydrogen-bond acceptors (Lipinski definition) is 2. The molecule has 0 aliphatic heterocycles. The minimum Gasteiger partial charge on any atom is -0.293 e. The Morgan fingerprint density at radius 1 is 1.05 bits per heavy atom. The summed E-state index contributed by atoms with van der Waals surface area (Å²) in [4.78, 5) is 13.3. The fourth-order valence-corrected chi connectivity index (χ4v) is 4.35. The van der Waals surface area contributed by atoms with Gasteiger partial charge in [-0.1, -0.05) is 36.4 Å². The third kappa shape index (κ3) is 2.09. The van der Waals surface area contributed by atoms with Crippen molar-refractivity contribution in [1.29, 1.82) is 0 Å². The zero-order valence-corrected chi connectivity index (χ0v) is 12.1. The maximum Gasteiger partial charge on any atom is 0.173 e. The lowest BCUT2D eigenvalue weighted by molar-refractivity contribution is 0.0969. The van der Waals surface area contributed by atoms with E-state index in [0.717, 1.165) is 26.9 Å². The summed E-state index contributed by atoms with van der Waals surface area (Å²) in [6, 6.07) is 15.0. The van der Waals surface area contributed by atoms with Crippen molar-refractivity contribution in [3.63, 3.8) is 0 Å². The molecule has 21 heavy (non-hydrogen) atoms. The van der Waals surface area contributed by atoms with Crippen molar-refractivity contribution in [1.82, 2.24) is 0 Å². The van der Waals surface area contributed by atoms with E-state index in [-0.39, 0.29) is 17.5 Å². The first-order valence-electron chi connectivity index (χ1n) is 7.01. The summed E-state index contributed by atoms with van der Waals surface area (Å²) in [5.41, 5.74) is 2.30. The number of Topliss-reactive ketones (excluding diaryl/α,β-unsaturated/α-hetero) is 1. The lowest BCUT2D eigenvalue weighted by atomic mass is 9.82. The predicted octanol–water partition coefficient (Wildman–Crippen LogP) is 4.95. The van der Waals surface area contributed by atoms with Crippen molar-refractivity contribution in [3.05, 3.63) is 70.4 Å². The van der Waals surface area contributed by atoms with Crippen molar-refractivity contribution >= 4 is 27.2 Å². The molecule has 0 amide bonds. The van der Waals surface area contributed by atoms with E-state index in [1.165, 1.54) is 29.0 Å². The van der Waals surface area contributed by atoms with Crippen LogP contribution in [0.2, 0.25) is 0 Å². The van der Waals surface area contributed by atoms with Crippen LogP contribution in [0.25, 0.3) is 10.1 Å². The second-order valence-corrected chi connectivity index (χ2v) is 6.54. The lowest BCUT2D eigenvalue weighted by Crippen LogP contribution is -2.16. The lowest BCUT2D eigenvalue weighted by Gasteiger charge is -2.21. The van der Waals surface area contributed by atoms with Gasteiger partial charge in [-0.3, -0.25) is 4.79 Å². The third-order valence-corrected chi connectivity index (χ3v) is 5.40. The zero-order valence-electron chi connectivity index (χ0n) is 11.3. The Hall–Kier alpha value is -2.00. The van der Waals surface area contributed by atoms with Gasteiger partial charge in [-0.25, -0.2) is 4.39 Å². The summed E-state index contributed by atoms with van der Waals surface area (Å²) >= 11 is 1.43. The molecule has 1 atom stereocenters. The molecule has 0 spiro atoms. The van der Waals surface area contributed by atoms with Crippen LogP contribution in [-0.4, -0.2) is 5.78 Å². The molecule has 4 rings (SSSR count). The number of ketones is 1. The van der Waals surface area contributed by atoms with Gasteiger partial charge in [0.1, 0.15) is 5.82 Å². The summed E-state index contributed by atoms with van der Waals surface area (Å²) in [5.74, 6) is 0.175. The number of carbonyl (C=O) groups excluding carboxylic acids is 1. The third-order valence-electron chi connectivity index (χ3n) is 4.16. The monoisotopic (exact) mass is 296 g/mol. The van der Waals surface area contributed by atoms with E-state index in [2.05, 4.69) is 12.1 Å². The first-order valence-corrected chi connectivity index (χ1v) is 7.83. The highest BCUT2D eigenvalue weighted by atomic mass is 32.1. The average Bonchev–Trinajstić information content (AvgIpc) is 2.86. The molecule has 0 bridgehead atoms. The molecular weight excluding hydrogens is 283 g/mol. The van der Waals surface area contributed by atoms with E-state index in [1.54, 1.807) is 6.07 Å². The van der Waals surface area contributed by atoms with E-state index in [9.17, 15) is 9.18 Å². The number of rotatable bonds is 1. The molecule has 1 aliphatic carbocycles. The Bertz CT molecular complexity index is 835. The number of halogens is 1. The predicted molar refractivity (Wildman–Crippen MR) is 83.6 cm³/mol. The maximum atomic E-state index is 13.4. The Morgan fingerprint density at radius 2 is 1.86 bits per heavy atom. The molecule has 2 aromatic carbocycles. The topological polar surface area (TPSA) is 17.1 Å². The van der Waals surface area contributed by atoms with Crippen LogP contribution in [0.5, 0.6) is 0 Å². The van der Waals surface area contributed by atoms with Crippen molar-refractivity contribution < 1.29 is 9.18 Å². The van der Waals surface area contributed by atoms with Crippen LogP contribution >= 0.6 is 11.3 Å². The molecule has 0 fully saturated rings. The molecule has 1 heterocycles. The van der Waals surface area contributed by atoms with Crippen molar-refractivity contribution in [3.8, 4) is 0 Å². The second kappa shape index (κ2) is 4.78. The molecule has 0 radical (unpaired) electrons. The van der Waals surface area contributed by atoms with Crippen LogP contribution in [0.15, 0.2) is 48.5 Å². The van der Waals surface area contributed by atoms with E-state index >= 15 is 0 Å². The molecule has 0 saturated heterocycles. The number of benzene rings is 2. The number of carbonyl (C=O) groups is 1. The highest BCUT2D eigenvalue weighted by Gasteiger charge is 2.29. The van der Waals surface area contributed by atoms with Crippen LogP contribution in [0, 0.1) is 5.82 Å². The summed E-state index contributed by atoms with van der Waals surface area (Å²) in [7, 11) is 0. The molecule has 0 saturated carbocycles. The molecule has 3 heteroatoms. The van der Waals surface area contributed by atoms with Crippen molar-refractivity contribution in [2.45, 2.75) is 18.8 Å². The standard InChI is InChI=1S/C18H13FOS/c19-13-6-7-14-15-8-12(11-4-2-1-3-5-11)9-16(20)18(15)21-17(14)10-13/h1-7,10,12H,8-9H2. The second-order valence-electron chi connectivity index (χ2n) is 5.49. The van der Waals surface area contributed by atoms with Gasteiger partial charge < -0.3 is 0 Å². The molecule has 1 aromatic heterocycles. The molecule has 1 aliphatic rings. The van der Waals surface area contributed by atoms with E-state index in [4.69, 9.17) is 0 Å². The summed E-state index contributed by atoms with van der Waals surface area (Å²) in [5, 5.41) is 1.03. The minimum absolute atomic E-state index is 0.187. The first-order chi connectivity index (χ1) is 10.2. The van der Waals surface area contributed by atoms with Crippen LogP contribution in [0.4, 0.5) is 4.39 Å². The van der Waals surface area contributed by atoms with Crippen LogP contribution in [0.1, 0.15) is 33.1 Å².